The van der Waals surface area contributed by atoms with Crippen LogP contribution in [-0.4, -0.2) is 31.3 Å². The van der Waals surface area contributed by atoms with Gasteiger partial charge in [-0.15, -0.1) is 4.33 Å². The second kappa shape index (κ2) is 6.60. The van der Waals surface area contributed by atoms with Crippen molar-refractivity contribution in [2.75, 3.05) is 0 Å². The number of phenols is 1. The smallest absolute Gasteiger partial charge is 0.296 e. The van der Waals surface area contributed by atoms with Crippen molar-refractivity contribution >= 4 is 46.6 Å². The highest BCUT2D eigenvalue weighted by molar-refractivity contribution is 7.94. The van der Waals surface area contributed by atoms with Gasteiger partial charge in [-0.2, -0.15) is 13.5 Å². The molecule has 116 valence electrons. The first-order valence-corrected chi connectivity index (χ1v) is 7.78. The minimum Gasteiger partial charge on any atom is -0.505 e. The molecule has 0 spiro atoms. The third-order valence-electron chi connectivity index (χ3n) is 2.66. The maximum atomic E-state index is 11.4. The van der Waals surface area contributed by atoms with Crippen LogP contribution in [0.5, 0.6) is 5.75 Å². The quantitative estimate of drug-likeness (QED) is 0.187. The molecule has 0 aromatic heterocycles. The number of nitrogens with zero attached hydrogens (tertiary/aromatic N) is 2. The van der Waals surface area contributed by atoms with Crippen LogP contribution in [0.4, 0.5) is 5.69 Å². The Hall–Kier alpha value is -1.70. The van der Waals surface area contributed by atoms with Crippen LogP contribution >= 0.6 is 12.0 Å². The Balaban J connectivity index is 2.73. The van der Waals surface area contributed by atoms with E-state index in [1.807, 2.05) is 0 Å². The van der Waals surface area contributed by atoms with E-state index in [4.69, 9.17) is 5.26 Å². The molecule has 2 aromatic carbocycles. The number of fused-ring (bicyclic) bond motifs is 1. The largest absolute Gasteiger partial charge is 0.505 e. The predicted octanol–water partition coefficient (Wildman–Crippen LogP) is 1.85. The predicted molar refractivity (Wildman–Crippen MR) is 79.1 cm³/mol. The molecule has 0 aliphatic rings. The Morgan fingerprint density at radius 2 is 2.00 bits per heavy atom. The summed E-state index contributed by atoms with van der Waals surface area (Å²) in [5, 5.41) is 29.3. The Morgan fingerprint density at radius 1 is 1.27 bits per heavy atom. The lowest BCUT2D eigenvalue weighted by Gasteiger charge is -2.09. The second-order valence-corrected chi connectivity index (χ2v) is 6.12. The summed E-state index contributed by atoms with van der Waals surface area (Å²) in [4.78, 5) is -0.128. The van der Waals surface area contributed by atoms with Crippen molar-refractivity contribution in [1.29, 1.82) is 0 Å². The molecule has 0 bridgehead atoms. The normalized spacial score (nSPS) is 12.3. The van der Waals surface area contributed by atoms with E-state index in [1.54, 1.807) is 0 Å². The van der Waals surface area contributed by atoms with E-state index in [0.717, 1.165) is 6.07 Å². The van der Waals surface area contributed by atoms with Gasteiger partial charge in [0.25, 0.3) is 18.1 Å². The van der Waals surface area contributed by atoms with Crippen LogP contribution in [0.15, 0.2) is 44.2 Å². The van der Waals surface area contributed by atoms with Crippen LogP contribution in [0.2, 0.25) is 0 Å². The molecule has 9 nitrogen and oxygen atoms in total. The van der Waals surface area contributed by atoms with Crippen LogP contribution in [0.3, 0.4) is 0 Å². The van der Waals surface area contributed by atoms with Gasteiger partial charge in [-0.25, -0.2) is 5.26 Å². The van der Waals surface area contributed by atoms with Gasteiger partial charge in [0.1, 0.15) is 10.6 Å². The summed E-state index contributed by atoms with van der Waals surface area (Å²) in [7, 11) is -3.32. The average Bonchev–Trinajstić information content (AvgIpc) is 2.46. The van der Waals surface area contributed by atoms with Crippen LogP contribution < -0.4 is 0 Å². The van der Waals surface area contributed by atoms with Gasteiger partial charge in [0.15, 0.2) is 5.75 Å². The molecule has 0 unspecified atom stereocenters. The molecular weight excluding hydrogens is 335 g/mol. The monoisotopic (exact) mass is 344 g/mol. The van der Waals surface area contributed by atoms with Gasteiger partial charge in [-0.05, 0) is 29.7 Å². The van der Waals surface area contributed by atoms with Crippen molar-refractivity contribution in [1.82, 2.24) is 0 Å². The number of hydrogen-bond donors (Lipinski definition) is 3. The van der Waals surface area contributed by atoms with Crippen LogP contribution in [0.25, 0.3) is 10.8 Å². The lowest BCUT2D eigenvalue weighted by Crippen LogP contribution is -1.99. The van der Waals surface area contributed by atoms with Gasteiger partial charge < -0.3 is 5.11 Å². The molecule has 22 heavy (non-hydrogen) atoms. The minimum absolute atomic E-state index is 0.295. The van der Waals surface area contributed by atoms with E-state index in [-0.39, 0.29) is 5.69 Å². The molecule has 0 fully saturated rings. The Labute approximate surface area is 129 Å². The first-order valence-electron chi connectivity index (χ1n) is 5.60. The molecule has 0 atom stereocenters. The highest BCUT2D eigenvalue weighted by Gasteiger charge is 2.21. The molecule has 0 amide bonds. The van der Waals surface area contributed by atoms with Crippen molar-refractivity contribution in [3.05, 3.63) is 24.3 Å². The number of phenolic OH excluding ortho intramolecular Hbond substituents is 1. The Bertz CT molecular complexity index is 841. The molecule has 2 rings (SSSR count). The summed E-state index contributed by atoms with van der Waals surface area (Å²) < 4.78 is 36.4. The van der Waals surface area contributed by atoms with Crippen molar-refractivity contribution in [2.24, 2.45) is 10.1 Å². The standard InChI is InChI=1S/C10H9BN2O7S2/c11-13-12-9-8(22(16,17)18)4-5-3-6(21-20-19-15)1-2-7(5)10(9)14/h1-4,14-15H,11H2,(H,16,17,18). The van der Waals surface area contributed by atoms with Gasteiger partial charge in [-0.1, -0.05) is 5.04 Å². The van der Waals surface area contributed by atoms with Gasteiger partial charge in [0.2, 0.25) is 0 Å². The average molecular weight is 344 g/mol. The zero-order valence-corrected chi connectivity index (χ0v) is 12.6. The minimum atomic E-state index is -4.62. The number of hydrogen-bond acceptors (Lipinski definition) is 9. The molecule has 0 aliphatic carbocycles. The third-order valence-corrected chi connectivity index (χ3v) is 4.10. The molecule has 0 radical (unpaired) electrons. The highest BCUT2D eigenvalue weighted by atomic mass is 32.2. The molecular formula is C10H9BN2O7S2. The lowest BCUT2D eigenvalue weighted by molar-refractivity contribution is -0.432. The molecule has 2 aromatic rings. The fourth-order valence-corrected chi connectivity index (χ4v) is 2.89. The van der Waals surface area contributed by atoms with E-state index in [9.17, 15) is 18.1 Å². The van der Waals surface area contributed by atoms with Gasteiger partial charge >= 0.3 is 0 Å². The summed E-state index contributed by atoms with van der Waals surface area (Å²) in [5.74, 6) is -0.438. The zero-order chi connectivity index (χ0) is 16.3. The molecule has 0 saturated heterocycles. The summed E-state index contributed by atoms with van der Waals surface area (Å²) >= 11 is 0.661. The molecule has 3 N–H and O–H groups in total. The van der Waals surface area contributed by atoms with Gasteiger partial charge in [0.05, 0.1) is 12.0 Å². The van der Waals surface area contributed by atoms with E-state index < -0.39 is 20.8 Å². The molecule has 0 aliphatic heterocycles. The zero-order valence-electron chi connectivity index (χ0n) is 11.0. The van der Waals surface area contributed by atoms with Crippen molar-refractivity contribution < 1.29 is 32.7 Å². The van der Waals surface area contributed by atoms with Crippen LogP contribution in [0, 0.1) is 0 Å². The number of benzene rings is 2. The first-order chi connectivity index (χ1) is 10.4. The van der Waals surface area contributed by atoms with E-state index in [1.165, 1.54) is 26.2 Å². The lowest BCUT2D eigenvalue weighted by atomic mass is 10.1. The summed E-state index contributed by atoms with van der Waals surface area (Å²) in [6.07, 6.45) is 0. The SMILES string of the molecule is BN=Nc1c(S(=O)(=O)O)cc2cc(SOOO)ccc2c1O. The van der Waals surface area contributed by atoms with Gasteiger partial charge in [-0.3, -0.25) is 9.58 Å². The van der Waals surface area contributed by atoms with Crippen LogP contribution in [0.1, 0.15) is 0 Å². The molecule has 0 heterocycles. The van der Waals surface area contributed by atoms with Crippen molar-refractivity contribution in [3.8, 4) is 5.75 Å². The second-order valence-electron chi connectivity index (χ2n) is 3.96. The first kappa shape index (κ1) is 16.7. The Morgan fingerprint density at radius 3 is 2.59 bits per heavy atom. The third kappa shape index (κ3) is 3.37. The highest BCUT2D eigenvalue weighted by Crippen LogP contribution is 2.41. The van der Waals surface area contributed by atoms with Gasteiger partial charge in [0, 0.05) is 10.3 Å². The number of rotatable bonds is 5. The van der Waals surface area contributed by atoms with E-state index in [0.29, 0.717) is 27.7 Å². The number of aromatic hydroxyl groups is 1. The fourth-order valence-electron chi connectivity index (χ4n) is 1.83. The molecule has 0 saturated carbocycles. The summed E-state index contributed by atoms with van der Waals surface area (Å²) in [6.45, 7) is 0. The maximum Gasteiger partial charge on any atom is 0.296 e. The summed E-state index contributed by atoms with van der Waals surface area (Å²) in [6, 6.07) is 5.61. The Kier molecular flexibility index (Phi) is 5.00. The topological polar surface area (TPSA) is 138 Å². The van der Waals surface area contributed by atoms with E-state index >= 15 is 0 Å². The summed E-state index contributed by atoms with van der Waals surface area (Å²) in [5.41, 5.74) is -0.354. The van der Waals surface area contributed by atoms with Crippen molar-refractivity contribution in [3.63, 3.8) is 0 Å². The van der Waals surface area contributed by atoms with Crippen LogP contribution in [-0.2, 0) is 19.5 Å². The fraction of sp³-hybridized carbons (Fsp3) is 0. The van der Waals surface area contributed by atoms with Crippen molar-refractivity contribution in [2.45, 2.75) is 9.79 Å². The van der Waals surface area contributed by atoms with E-state index in [2.05, 4.69) is 19.5 Å². The maximum absolute atomic E-state index is 11.4. The molecule has 12 heteroatoms.